The standard InChI is InChI=1S/C89H60BN5/c1-59-44-46-75(89-91-79(64-34-16-6-17-35-64)58-80(92-89)65-36-18-7-19-37-65)85(48-59)95-81-41-23-20-38-74(81)76-55-66(45-47-82(76)95)71-56-86-88-87(57-71)94(73-53-69(62-30-12-4-13-31-62)50-70(54-73)63-32-14-5-15-33-63)84-43-25-22-40-78(84)90(88)77-39-21-24-42-83(77)93(86)72-51-67(60-26-8-2-9-27-60)49-68(52-72)61-28-10-3-11-29-61/h2-58H,1H3. The van der Waals surface area contributed by atoms with Gasteiger partial charge in [0, 0.05) is 61.6 Å². The molecule has 4 heterocycles. The molecule has 0 fully saturated rings. The first-order chi connectivity index (χ1) is 47.0. The highest BCUT2D eigenvalue weighted by Crippen LogP contribution is 2.49. The van der Waals surface area contributed by atoms with Crippen LogP contribution in [0.3, 0.4) is 0 Å². The number of hydrogen-bond donors (Lipinski definition) is 0. The molecule has 0 atom stereocenters. The Hall–Kier alpha value is -12.4. The second-order valence-electron chi connectivity index (χ2n) is 25.0. The minimum atomic E-state index is -0.0872. The Balaban J connectivity index is 0.896. The first-order valence-corrected chi connectivity index (χ1v) is 32.6. The monoisotopic (exact) mass is 1210 g/mol. The lowest BCUT2D eigenvalue weighted by atomic mass is 9.33. The Kier molecular flexibility index (Phi) is 13.5. The van der Waals surface area contributed by atoms with Crippen molar-refractivity contribution in [1.29, 1.82) is 0 Å². The van der Waals surface area contributed by atoms with Crippen LogP contribution < -0.4 is 26.2 Å². The van der Waals surface area contributed by atoms with Gasteiger partial charge in [0.25, 0.3) is 6.71 Å². The largest absolute Gasteiger partial charge is 0.311 e. The van der Waals surface area contributed by atoms with E-state index in [-0.39, 0.29) is 6.71 Å². The summed E-state index contributed by atoms with van der Waals surface area (Å²) in [6.07, 6.45) is 0. The van der Waals surface area contributed by atoms with Gasteiger partial charge >= 0.3 is 0 Å². The van der Waals surface area contributed by atoms with Crippen molar-refractivity contribution in [2.24, 2.45) is 0 Å². The average Bonchev–Trinajstić information content (AvgIpc) is 0.979. The molecule has 18 rings (SSSR count). The topological polar surface area (TPSA) is 37.2 Å². The first kappa shape index (κ1) is 55.5. The summed E-state index contributed by atoms with van der Waals surface area (Å²) in [6, 6.07) is 127. The van der Waals surface area contributed by atoms with Gasteiger partial charge in [0.05, 0.1) is 28.1 Å². The van der Waals surface area contributed by atoms with Gasteiger partial charge in [-0.2, -0.15) is 0 Å². The highest BCUT2D eigenvalue weighted by atomic mass is 15.2. The molecular weight excluding hydrogens is 1150 g/mol. The first-order valence-electron chi connectivity index (χ1n) is 32.6. The summed E-state index contributed by atoms with van der Waals surface area (Å²) in [5, 5.41) is 2.30. The smallest absolute Gasteiger partial charge is 0.252 e. The summed E-state index contributed by atoms with van der Waals surface area (Å²) < 4.78 is 2.43. The lowest BCUT2D eigenvalue weighted by molar-refractivity contribution is 1.13. The van der Waals surface area contributed by atoms with Crippen molar-refractivity contribution in [1.82, 2.24) is 14.5 Å². The number of anilines is 6. The molecule has 0 unspecified atom stereocenters. The van der Waals surface area contributed by atoms with E-state index >= 15 is 0 Å². The van der Waals surface area contributed by atoms with E-state index < -0.39 is 0 Å². The second-order valence-corrected chi connectivity index (χ2v) is 25.0. The Bertz CT molecular complexity index is 5250. The van der Waals surface area contributed by atoms with Gasteiger partial charge in [-0.05, 0) is 182 Å². The van der Waals surface area contributed by atoms with Gasteiger partial charge in [-0.1, -0.05) is 249 Å². The molecule has 0 radical (unpaired) electrons. The molecule has 0 saturated carbocycles. The molecule has 0 N–H and O–H groups in total. The average molecular weight is 1210 g/mol. The Morgan fingerprint density at radius 3 is 1.14 bits per heavy atom. The molecule has 2 aromatic heterocycles. The van der Waals surface area contributed by atoms with E-state index in [1.807, 2.05) is 0 Å². The molecule has 95 heavy (non-hydrogen) atoms. The quantitative estimate of drug-likeness (QED) is 0.121. The molecule has 0 spiro atoms. The third-order valence-electron chi connectivity index (χ3n) is 19.2. The van der Waals surface area contributed by atoms with Crippen molar-refractivity contribution in [3.63, 3.8) is 0 Å². The number of aromatic nitrogens is 3. The van der Waals surface area contributed by atoms with Crippen LogP contribution in [0.25, 0.3) is 117 Å². The minimum Gasteiger partial charge on any atom is -0.311 e. The summed E-state index contributed by atoms with van der Waals surface area (Å²) in [4.78, 5) is 15.9. The highest BCUT2D eigenvalue weighted by molar-refractivity contribution is 7.00. The number of hydrogen-bond acceptors (Lipinski definition) is 4. The number of rotatable bonds is 11. The molecule has 444 valence electrons. The second kappa shape index (κ2) is 23.1. The van der Waals surface area contributed by atoms with E-state index in [0.29, 0.717) is 5.82 Å². The fraction of sp³-hybridized carbons (Fsp3) is 0.0112. The lowest BCUT2D eigenvalue weighted by Gasteiger charge is -2.44. The van der Waals surface area contributed by atoms with Crippen LogP contribution in [0.5, 0.6) is 0 Å². The summed E-state index contributed by atoms with van der Waals surface area (Å²) in [7, 11) is 0. The Morgan fingerprint density at radius 2 is 0.663 bits per heavy atom. The van der Waals surface area contributed by atoms with E-state index in [4.69, 9.17) is 9.97 Å². The van der Waals surface area contributed by atoms with Crippen LogP contribution in [0.1, 0.15) is 5.56 Å². The third-order valence-corrected chi connectivity index (χ3v) is 19.2. The Labute approximate surface area is 553 Å². The van der Waals surface area contributed by atoms with Crippen LogP contribution >= 0.6 is 0 Å². The van der Waals surface area contributed by atoms with E-state index in [9.17, 15) is 0 Å². The lowest BCUT2D eigenvalue weighted by Crippen LogP contribution is -2.61. The summed E-state index contributed by atoms with van der Waals surface area (Å²) in [5.74, 6) is 0.664. The number of para-hydroxylation sites is 3. The molecular formula is C89H60BN5. The number of nitrogens with zero attached hydrogens (tertiary/aromatic N) is 5. The minimum absolute atomic E-state index is 0.0872. The predicted octanol–water partition coefficient (Wildman–Crippen LogP) is 21.3. The van der Waals surface area contributed by atoms with Crippen LogP contribution in [0.2, 0.25) is 0 Å². The summed E-state index contributed by atoms with van der Waals surface area (Å²) >= 11 is 0. The molecule has 5 nitrogen and oxygen atoms in total. The summed E-state index contributed by atoms with van der Waals surface area (Å²) in [6.45, 7) is 2.09. The SMILES string of the molecule is Cc1ccc(-c2nc(-c3ccccc3)cc(-c3ccccc3)n2)c(-n2c3ccccc3c3cc(-c4cc5c6c(c4)N(c4cc(-c7ccccc7)cc(-c7ccccc7)c4)c4ccccc4B6c4ccccc4N5c4cc(-c5ccccc5)cc(-c5ccccc5)c4)ccc32)c1. The van der Waals surface area contributed by atoms with E-state index in [0.717, 1.165) is 151 Å². The Morgan fingerprint density at radius 1 is 0.263 bits per heavy atom. The zero-order valence-electron chi connectivity index (χ0n) is 52.2. The van der Waals surface area contributed by atoms with Crippen LogP contribution in [0.15, 0.2) is 346 Å². The molecule has 6 heteroatoms. The molecule has 14 aromatic carbocycles. The maximum Gasteiger partial charge on any atom is 0.252 e. The molecule has 2 aliphatic rings. The van der Waals surface area contributed by atoms with Gasteiger partial charge in [-0.15, -0.1) is 0 Å². The van der Waals surface area contributed by atoms with Gasteiger partial charge in [0.2, 0.25) is 0 Å². The maximum absolute atomic E-state index is 5.41. The zero-order valence-corrected chi connectivity index (χ0v) is 52.2. The van der Waals surface area contributed by atoms with Crippen LogP contribution in [-0.4, -0.2) is 21.2 Å². The molecule has 0 saturated heterocycles. The normalized spacial score (nSPS) is 12.2. The molecule has 0 amide bonds. The fourth-order valence-electron chi connectivity index (χ4n) is 14.8. The number of aryl methyl sites for hydroxylation is 1. The molecule has 0 bridgehead atoms. The van der Waals surface area contributed by atoms with Crippen molar-refractivity contribution < 1.29 is 0 Å². The van der Waals surface area contributed by atoms with Crippen molar-refractivity contribution >= 4 is 79.0 Å². The van der Waals surface area contributed by atoms with Crippen molar-refractivity contribution in [3.8, 4) is 95.2 Å². The van der Waals surface area contributed by atoms with Crippen LogP contribution in [0, 0.1) is 6.92 Å². The van der Waals surface area contributed by atoms with Crippen LogP contribution in [0.4, 0.5) is 34.1 Å². The third kappa shape index (κ3) is 9.73. The molecule has 16 aromatic rings. The van der Waals surface area contributed by atoms with Gasteiger partial charge in [0.1, 0.15) is 0 Å². The fourth-order valence-corrected chi connectivity index (χ4v) is 14.8. The molecule has 2 aliphatic heterocycles. The van der Waals surface area contributed by atoms with Gasteiger partial charge in [-0.3, -0.25) is 0 Å². The maximum atomic E-state index is 5.41. The van der Waals surface area contributed by atoms with E-state index in [1.165, 1.54) is 16.4 Å². The van der Waals surface area contributed by atoms with Crippen molar-refractivity contribution in [2.75, 3.05) is 9.80 Å². The number of benzene rings is 14. The predicted molar refractivity (Wildman–Crippen MR) is 399 cm³/mol. The van der Waals surface area contributed by atoms with Gasteiger partial charge in [-0.25, -0.2) is 9.97 Å². The van der Waals surface area contributed by atoms with Gasteiger partial charge < -0.3 is 14.4 Å². The van der Waals surface area contributed by atoms with E-state index in [2.05, 4.69) is 367 Å². The van der Waals surface area contributed by atoms with Crippen molar-refractivity contribution in [2.45, 2.75) is 6.92 Å². The van der Waals surface area contributed by atoms with E-state index in [1.54, 1.807) is 0 Å². The highest BCUT2D eigenvalue weighted by Gasteiger charge is 2.44. The van der Waals surface area contributed by atoms with Gasteiger partial charge in [0.15, 0.2) is 5.82 Å². The summed E-state index contributed by atoms with van der Waals surface area (Å²) in [5.41, 5.74) is 31.0. The van der Waals surface area contributed by atoms with Crippen LogP contribution in [-0.2, 0) is 0 Å². The van der Waals surface area contributed by atoms with Crippen molar-refractivity contribution in [3.05, 3.63) is 351 Å². The zero-order chi connectivity index (χ0) is 62.9. The molecule has 0 aliphatic carbocycles. The number of fused-ring (bicyclic) bond motifs is 7.